The maximum Gasteiger partial charge on any atom is 0.251 e. The van der Waals surface area contributed by atoms with Crippen molar-refractivity contribution in [2.75, 3.05) is 7.11 Å². The predicted octanol–water partition coefficient (Wildman–Crippen LogP) is 1.84. The molecule has 100 valence electrons. The third kappa shape index (κ3) is 3.13. The van der Waals surface area contributed by atoms with E-state index >= 15 is 0 Å². The Morgan fingerprint density at radius 1 is 1.47 bits per heavy atom. The third-order valence-corrected chi connectivity index (χ3v) is 2.88. The molecule has 0 radical (unpaired) electrons. The van der Waals surface area contributed by atoms with Crippen LogP contribution in [0.1, 0.15) is 23.1 Å². The fourth-order valence-electron chi connectivity index (χ4n) is 1.82. The molecule has 2 aromatic rings. The van der Waals surface area contributed by atoms with E-state index in [1.54, 1.807) is 37.6 Å². The first-order valence-electron chi connectivity index (χ1n) is 6.17. The van der Waals surface area contributed by atoms with Crippen LogP contribution in [0.15, 0.2) is 36.7 Å². The van der Waals surface area contributed by atoms with E-state index in [-0.39, 0.29) is 5.91 Å². The number of aryl methyl sites for hydroxylation is 1. The van der Waals surface area contributed by atoms with Gasteiger partial charge in [0.25, 0.3) is 5.91 Å². The molecule has 0 atom stereocenters. The summed E-state index contributed by atoms with van der Waals surface area (Å²) in [6.45, 7) is 3.29. The van der Waals surface area contributed by atoms with Crippen LogP contribution in [0.4, 0.5) is 0 Å². The summed E-state index contributed by atoms with van der Waals surface area (Å²) in [5.74, 6) is 1.38. The van der Waals surface area contributed by atoms with Gasteiger partial charge in [-0.2, -0.15) is 0 Å². The number of imidazole rings is 1. The highest BCUT2D eigenvalue weighted by atomic mass is 16.5. The maximum atomic E-state index is 12.0. The summed E-state index contributed by atoms with van der Waals surface area (Å²) < 4.78 is 7.09. The highest BCUT2D eigenvalue weighted by Gasteiger charge is 2.08. The van der Waals surface area contributed by atoms with Crippen molar-refractivity contribution < 1.29 is 9.53 Å². The van der Waals surface area contributed by atoms with Crippen LogP contribution in [-0.2, 0) is 13.1 Å². The molecule has 5 nitrogen and oxygen atoms in total. The summed E-state index contributed by atoms with van der Waals surface area (Å²) in [5, 5.41) is 2.85. The first kappa shape index (κ1) is 13.1. The quantitative estimate of drug-likeness (QED) is 0.891. The molecule has 2 rings (SSSR count). The van der Waals surface area contributed by atoms with Crippen LogP contribution in [0.3, 0.4) is 0 Å². The Balaban J connectivity index is 2.01. The number of hydrogen-bond acceptors (Lipinski definition) is 3. The van der Waals surface area contributed by atoms with Gasteiger partial charge in [-0.3, -0.25) is 4.79 Å². The number of hydrogen-bond donors (Lipinski definition) is 1. The maximum absolute atomic E-state index is 12.0. The molecule has 0 fully saturated rings. The Labute approximate surface area is 112 Å². The number of nitrogens with one attached hydrogen (secondary N) is 1. The van der Waals surface area contributed by atoms with Crippen molar-refractivity contribution in [1.82, 2.24) is 14.9 Å². The van der Waals surface area contributed by atoms with E-state index in [0.29, 0.717) is 17.9 Å². The summed E-state index contributed by atoms with van der Waals surface area (Å²) in [6, 6.07) is 7.06. The average Bonchev–Trinajstić information content (AvgIpc) is 2.92. The van der Waals surface area contributed by atoms with Gasteiger partial charge in [0.2, 0.25) is 0 Å². The average molecular weight is 259 g/mol. The molecule has 0 bridgehead atoms. The number of benzene rings is 1. The monoisotopic (exact) mass is 259 g/mol. The Morgan fingerprint density at radius 3 is 3.05 bits per heavy atom. The normalized spacial score (nSPS) is 10.2. The number of methoxy groups -OCH3 is 1. The van der Waals surface area contributed by atoms with E-state index in [1.807, 2.05) is 17.7 Å². The Kier molecular flexibility index (Phi) is 4.18. The number of carbonyl (C=O) groups excluding carboxylic acids is 1. The zero-order valence-corrected chi connectivity index (χ0v) is 11.1. The number of amides is 1. The van der Waals surface area contributed by atoms with Crippen molar-refractivity contribution in [1.29, 1.82) is 0 Å². The first-order valence-corrected chi connectivity index (χ1v) is 6.17. The van der Waals surface area contributed by atoms with E-state index in [4.69, 9.17) is 4.74 Å². The van der Waals surface area contributed by atoms with Crippen LogP contribution in [0.25, 0.3) is 0 Å². The van der Waals surface area contributed by atoms with Crippen molar-refractivity contribution in [3.63, 3.8) is 0 Å². The lowest BCUT2D eigenvalue weighted by Gasteiger charge is -2.07. The third-order valence-electron chi connectivity index (χ3n) is 2.88. The second kappa shape index (κ2) is 6.04. The van der Waals surface area contributed by atoms with Gasteiger partial charge < -0.3 is 14.6 Å². The summed E-state index contributed by atoms with van der Waals surface area (Å²) in [5.41, 5.74) is 0.578. The molecule has 0 spiro atoms. The molecule has 5 heteroatoms. The van der Waals surface area contributed by atoms with Crippen molar-refractivity contribution in [2.24, 2.45) is 0 Å². The second-order valence-electron chi connectivity index (χ2n) is 4.04. The topological polar surface area (TPSA) is 56.2 Å². The molecule has 1 aromatic carbocycles. The van der Waals surface area contributed by atoms with Crippen LogP contribution in [0.5, 0.6) is 5.75 Å². The molecule has 1 N–H and O–H groups in total. The minimum Gasteiger partial charge on any atom is -0.497 e. The van der Waals surface area contributed by atoms with Crippen LogP contribution in [0, 0.1) is 0 Å². The standard InChI is InChI=1S/C14H17N3O2/c1-3-17-8-7-15-13(17)10-16-14(18)11-5-4-6-12(9-11)19-2/h4-9H,3,10H2,1-2H3,(H,16,18). The Hall–Kier alpha value is -2.30. The van der Waals surface area contributed by atoms with Gasteiger partial charge in [-0.1, -0.05) is 6.07 Å². The van der Waals surface area contributed by atoms with Gasteiger partial charge in [0, 0.05) is 24.5 Å². The molecule has 0 unspecified atom stereocenters. The molecule has 0 aliphatic rings. The second-order valence-corrected chi connectivity index (χ2v) is 4.04. The van der Waals surface area contributed by atoms with Gasteiger partial charge in [0.1, 0.15) is 11.6 Å². The van der Waals surface area contributed by atoms with E-state index in [0.717, 1.165) is 12.4 Å². The lowest BCUT2D eigenvalue weighted by molar-refractivity contribution is 0.0949. The van der Waals surface area contributed by atoms with Gasteiger partial charge >= 0.3 is 0 Å². The molecular formula is C14H17N3O2. The van der Waals surface area contributed by atoms with E-state index in [2.05, 4.69) is 10.3 Å². The van der Waals surface area contributed by atoms with Gasteiger partial charge in [0.15, 0.2) is 0 Å². The molecule has 1 amide bonds. The van der Waals surface area contributed by atoms with E-state index in [1.165, 1.54) is 0 Å². The minimum atomic E-state index is -0.135. The van der Waals surface area contributed by atoms with Crippen LogP contribution in [0.2, 0.25) is 0 Å². The molecule has 0 saturated carbocycles. The smallest absolute Gasteiger partial charge is 0.251 e. The summed E-state index contributed by atoms with van der Waals surface area (Å²) in [4.78, 5) is 16.2. The van der Waals surface area contributed by atoms with Gasteiger partial charge in [-0.25, -0.2) is 4.98 Å². The largest absolute Gasteiger partial charge is 0.497 e. The molecule has 0 saturated heterocycles. The van der Waals surface area contributed by atoms with Gasteiger partial charge in [0.05, 0.1) is 13.7 Å². The van der Waals surface area contributed by atoms with Crippen molar-refractivity contribution in [2.45, 2.75) is 20.0 Å². The summed E-state index contributed by atoms with van der Waals surface area (Å²) in [7, 11) is 1.58. The molecular weight excluding hydrogens is 242 g/mol. The minimum absolute atomic E-state index is 0.135. The number of rotatable bonds is 5. The highest BCUT2D eigenvalue weighted by Crippen LogP contribution is 2.12. The van der Waals surface area contributed by atoms with Gasteiger partial charge in [-0.15, -0.1) is 0 Å². The summed E-state index contributed by atoms with van der Waals surface area (Å²) in [6.07, 6.45) is 3.63. The van der Waals surface area contributed by atoms with Crippen LogP contribution < -0.4 is 10.1 Å². The van der Waals surface area contributed by atoms with Crippen LogP contribution >= 0.6 is 0 Å². The SMILES string of the molecule is CCn1ccnc1CNC(=O)c1cccc(OC)c1. The number of aromatic nitrogens is 2. The van der Waals surface area contributed by atoms with Gasteiger partial charge in [-0.05, 0) is 25.1 Å². The Morgan fingerprint density at radius 2 is 2.32 bits per heavy atom. The molecule has 0 aliphatic heterocycles. The zero-order chi connectivity index (χ0) is 13.7. The van der Waals surface area contributed by atoms with Crippen molar-refractivity contribution in [3.05, 3.63) is 48.0 Å². The number of carbonyl (C=O) groups is 1. The molecule has 1 aromatic heterocycles. The fourth-order valence-corrected chi connectivity index (χ4v) is 1.82. The lowest BCUT2D eigenvalue weighted by Crippen LogP contribution is -2.24. The zero-order valence-electron chi connectivity index (χ0n) is 11.1. The highest BCUT2D eigenvalue weighted by molar-refractivity contribution is 5.94. The molecule has 19 heavy (non-hydrogen) atoms. The lowest BCUT2D eigenvalue weighted by atomic mass is 10.2. The molecule has 1 heterocycles. The van der Waals surface area contributed by atoms with Crippen molar-refractivity contribution >= 4 is 5.91 Å². The number of ether oxygens (including phenoxy) is 1. The predicted molar refractivity (Wildman–Crippen MR) is 72.1 cm³/mol. The Bertz CT molecular complexity index is 563. The summed E-state index contributed by atoms with van der Waals surface area (Å²) >= 11 is 0. The van der Waals surface area contributed by atoms with E-state index < -0.39 is 0 Å². The van der Waals surface area contributed by atoms with Crippen molar-refractivity contribution in [3.8, 4) is 5.75 Å². The fraction of sp³-hybridized carbons (Fsp3) is 0.286. The van der Waals surface area contributed by atoms with E-state index in [9.17, 15) is 4.79 Å². The molecule has 0 aliphatic carbocycles. The van der Waals surface area contributed by atoms with Crippen LogP contribution in [-0.4, -0.2) is 22.6 Å². The first-order chi connectivity index (χ1) is 9.24. The number of nitrogens with zero attached hydrogens (tertiary/aromatic N) is 2.